The maximum atomic E-state index is 13.1. The van der Waals surface area contributed by atoms with Crippen molar-refractivity contribution in [3.8, 4) is 0 Å². The van der Waals surface area contributed by atoms with Gasteiger partial charge in [0.2, 0.25) is 5.91 Å². The second kappa shape index (κ2) is 58.8. The minimum absolute atomic E-state index is 0.189. The molecule has 9 nitrogen and oxygen atoms in total. The van der Waals surface area contributed by atoms with Crippen molar-refractivity contribution in [2.45, 2.75) is 352 Å². The summed E-state index contributed by atoms with van der Waals surface area (Å²) in [6, 6.07) is -0.832. The zero-order valence-corrected chi connectivity index (χ0v) is 51.4. The van der Waals surface area contributed by atoms with Crippen molar-refractivity contribution >= 4 is 5.91 Å². The first-order valence-corrected chi connectivity index (χ1v) is 33.7. The van der Waals surface area contributed by atoms with Crippen LogP contribution in [0.15, 0.2) is 72.9 Å². The van der Waals surface area contributed by atoms with Crippen LogP contribution >= 0.6 is 0 Å². The van der Waals surface area contributed by atoms with Gasteiger partial charge in [-0.05, 0) is 83.5 Å². The maximum Gasteiger partial charge on any atom is 0.220 e. The largest absolute Gasteiger partial charge is 0.394 e. The summed E-state index contributed by atoms with van der Waals surface area (Å²) in [4.78, 5) is 13.1. The fourth-order valence-electron chi connectivity index (χ4n) is 10.4. The highest BCUT2D eigenvalue weighted by molar-refractivity contribution is 5.76. The molecule has 0 spiro atoms. The summed E-state index contributed by atoms with van der Waals surface area (Å²) in [5.74, 6) is -0.189. The minimum atomic E-state index is -1.58. The third-order valence-corrected chi connectivity index (χ3v) is 15.7. The Morgan fingerprint density at radius 2 is 0.759 bits per heavy atom. The number of hydrogen-bond donors (Lipinski definition) is 6. The topological polar surface area (TPSA) is 149 Å². The SMILES string of the molecule is CCCCCCC/C=C\C/C=C\C/C=C\CCCCCCCCCCCCCCCCCCC(=O)NC(COC1OC(CO)C(O)C(O)C1O)C(O)/C=C/CC/C=C/CC/C=C/CCCCCCCCCCCCCCCCC. The number of aliphatic hydroxyl groups is 5. The van der Waals surface area contributed by atoms with Crippen LogP contribution in [0.3, 0.4) is 0 Å². The Kier molecular flexibility index (Phi) is 55.6. The number of rotatable bonds is 58. The number of hydrogen-bond acceptors (Lipinski definition) is 8. The van der Waals surface area contributed by atoms with Crippen molar-refractivity contribution < 1.29 is 39.8 Å². The third kappa shape index (κ3) is 47.8. The van der Waals surface area contributed by atoms with E-state index in [0.29, 0.717) is 6.42 Å². The van der Waals surface area contributed by atoms with Gasteiger partial charge in [-0.15, -0.1) is 0 Å². The standard InChI is InChI=1S/C70H127NO8/c1-3-5-7-9-11-13-15-17-19-21-23-25-27-29-30-31-32-33-34-36-38-40-42-44-46-48-50-52-54-56-58-60-66(74)71-63(62-78-70-69(77)68(76)67(75)65(61-72)79-70)64(73)59-57-55-53-51-49-47-45-43-41-39-37-35-28-26-24-22-20-18-16-14-12-10-8-6-4-2/h15,17,21,23,27,29,41,43,49,51,57,59,63-65,67-70,72-73,75-77H,3-14,16,18-20,22,24-26,28,30-40,42,44-48,50,52-56,58,60-62H2,1-2H3,(H,71,74)/b17-15-,23-21-,29-27-,43-41+,51-49+,59-57+. The summed E-state index contributed by atoms with van der Waals surface area (Å²) in [7, 11) is 0. The number of allylic oxidation sites excluding steroid dienone is 11. The molecule has 9 heteroatoms. The molecular formula is C70H127NO8. The second-order valence-corrected chi connectivity index (χ2v) is 23.2. The molecule has 0 saturated carbocycles. The van der Waals surface area contributed by atoms with Gasteiger partial charge in [-0.2, -0.15) is 0 Å². The van der Waals surface area contributed by atoms with E-state index >= 15 is 0 Å². The van der Waals surface area contributed by atoms with E-state index in [-0.39, 0.29) is 12.5 Å². The van der Waals surface area contributed by atoms with Gasteiger partial charge in [0.15, 0.2) is 6.29 Å². The summed E-state index contributed by atoms with van der Waals surface area (Å²) in [5, 5.41) is 54.7. The van der Waals surface area contributed by atoms with E-state index in [0.717, 1.165) is 57.8 Å². The summed E-state index contributed by atoms with van der Waals surface area (Å²) >= 11 is 0. The van der Waals surface area contributed by atoms with Gasteiger partial charge in [-0.3, -0.25) is 4.79 Å². The van der Waals surface area contributed by atoms with Crippen molar-refractivity contribution in [3.05, 3.63) is 72.9 Å². The van der Waals surface area contributed by atoms with Crippen LogP contribution in [0, 0.1) is 0 Å². The van der Waals surface area contributed by atoms with Gasteiger partial charge in [0.25, 0.3) is 0 Å². The number of nitrogens with one attached hydrogen (secondary N) is 1. The Bertz CT molecular complexity index is 1470. The van der Waals surface area contributed by atoms with E-state index in [4.69, 9.17) is 9.47 Å². The van der Waals surface area contributed by atoms with Crippen molar-refractivity contribution in [1.82, 2.24) is 5.32 Å². The average molecular weight is 1110 g/mol. The lowest BCUT2D eigenvalue weighted by Gasteiger charge is -2.40. The van der Waals surface area contributed by atoms with Gasteiger partial charge in [0.05, 0.1) is 25.4 Å². The molecular weight excluding hydrogens is 983 g/mol. The van der Waals surface area contributed by atoms with Crippen LogP contribution in [0.25, 0.3) is 0 Å². The zero-order chi connectivity index (χ0) is 57.2. The van der Waals surface area contributed by atoms with Crippen LogP contribution in [0.5, 0.6) is 0 Å². The van der Waals surface area contributed by atoms with E-state index in [1.54, 1.807) is 6.08 Å². The maximum absolute atomic E-state index is 13.1. The molecule has 1 saturated heterocycles. The first-order chi connectivity index (χ1) is 38.8. The molecule has 1 fully saturated rings. The van der Waals surface area contributed by atoms with Crippen LogP contribution < -0.4 is 5.32 Å². The monoisotopic (exact) mass is 1110 g/mol. The summed E-state index contributed by atoms with van der Waals surface area (Å²) < 4.78 is 11.3. The molecule has 0 bridgehead atoms. The van der Waals surface area contributed by atoms with Crippen LogP contribution in [0.1, 0.15) is 309 Å². The van der Waals surface area contributed by atoms with Gasteiger partial charge in [0, 0.05) is 6.42 Å². The second-order valence-electron chi connectivity index (χ2n) is 23.2. The van der Waals surface area contributed by atoms with Crippen LogP contribution in [0.4, 0.5) is 0 Å². The number of carbonyl (C=O) groups excluding carboxylic acids is 1. The van der Waals surface area contributed by atoms with E-state index < -0.39 is 49.5 Å². The number of unbranched alkanes of at least 4 members (excludes halogenated alkanes) is 38. The predicted octanol–water partition coefficient (Wildman–Crippen LogP) is 18.0. The van der Waals surface area contributed by atoms with Crippen LogP contribution in [-0.2, 0) is 14.3 Å². The van der Waals surface area contributed by atoms with E-state index in [2.05, 4.69) is 79.9 Å². The lowest BCUT2D eigenvalue weighted by molar-refractivity contribution is -0.302. The van der Waals surface area contributed by atoms with Crippen molar-refractivity contribution in [3.63, 3.8) is 0 Å². The molecule has 1 heterocycles. The Morgan fingerprint density at radius 3 is 1.15 bits per heavy atom. The van der Waals surface area contributed by atoms with Crippen molar-refractivity contribution in [2.24, 2.45) is 0 Å². The molecule has 0 aromatic carbocycles. The Hall–Kier alpha value is -2.37. The van der Waals surface area contributed by atoms with Gasteiger partial charge < -0.3 is 40.3 Å². The molecule has 0 aliphatic carbocycles. The molecule has 6 N–H and O–H groups in total. The fourth-order valence-corrected chi connectivity index (χ4v) is 10.4. The summed E-state index contributed by atoms with van der Waals surface area (Å²) in [6.07, 6.45) is 75.7. The van der Waals surface area contributed by atoms with E-state index in [9.17, 15) is 30.3 Å². The predicted molar refractivity (Wildman–Crippen MR) is 336 cm³/mol. The number of carbonyl (C=O) groups is 1. The van der Waals surface area contributed by atoms with Crippen molar-refractivity contribution in [1.29, 1.82) is 0 Å². The minimum Gasteiger partial charge on any atom is -0.394 e. The molecule has 1 aliphatic heterocycles. The quantitative estimate of drug-likeness (QED) is 0.0261. The fraction of sp³-hybridized carbons (Fsp3) is 0.814. The van der Waals surface area contributed by atoms with Crippen LogP contribution in [-0.4, -0.2) is 87.5 Å². The molecule has 0 aromatic rings. The smallest absolute Gasteiger partial charge is 0.220 e. The van der Waals surface area contributed by atoms with E-state index in [1.807, 2.05) is 6.08 Å². The molecule has 1 amide bonds. The molecule has 0 radical (unpaired) electrons. The van der Waals surface area contributed by atoms with Crippen LogP contribution in [0.2, 0.25) is 0 Å². The van der Waals surface area contributed by atoms with Gasteiger partial charge in [-0.1, -0.05) is 292 Å². The molecule has 1 rings (SSSR count). The first-order valence-electron chi connectivity index (χ1n) is 33.7. The number of ether oxygens (including phenoxy) is 2. The Balaban J connectivity index is 2.18. The summed E-state index contributed by atoms with van der Waals surface area (Å²) in [6.45, 7) is 3.78. The molecule has 79 heavy (non-hydrogen) atoms. The van der Waals surface area contributed by atoms with Gasteiger partial charge >= 0.3 is 0 Å². The molecule has 0 aromatic heterocycles. The lowest BCUT2D eigenvalue weighted by atomic mass is 9.99. The highest BCUT2D eigenvalue weighted by Gasteiger charge is 2.44. The van der Waals surface area contributed by atoms with Gasteiger partial charge in [0.1, 0.15) is 24.4 Å². The molecule has 460 valence electrons. The number of amides is 1. The summed E-state index contributed by atoms with van der Waals surface area (Å²) in [5.41, 5.74) is 0. The van der Waals surface area contributed by atoms with E-state index in [1.165, 1.54) is 231 Å². The lowest BCUT2D eigenvalue weighted by Crippen LogP contribution is -2.60. The molecule has 1 aliphatic rings. The normalized spacial score (nSPS) is 19.0. The highest BCUT2D eigenvalue weighted by Crippen LogP contribution is 2.23. The first kappa shape index (κ1) is 74.6. The third-order valence-electron chi connectivity index (χ3n) is 15.7. The van der Waals surface area contributed by atoms with Gasteiger partial charge in [-0.25, -0.2) is 0 Å². The number of aliphatic hydroxyl groups excluding tert-OH is 5. The molecule has 7 atom stereocenters. The highest BCUT2D eigenvalue weighted by atomic mass is 16.7. The van der Waals surface area contributed by atoms with Crippen molar-refractivity contribution in [2.75, 3.05) is 13.2 Å². The Labute approximate surface area is 487 Å². The zero-order valence-electron chi connectivity index (χ0n) is 51.4. The average Bonchev–Trinajstić information content (AvgIpc) is 3.47. The molecule has 7 unspecified atom stereocenters. The Morgan fingerprint density at radius 1 is 0.430 bits per heavy atom.